The van der Waals surface area contributed by atoms with E-state index < -0.39 is 0 Å². The van der Waals surface area contributed by atoms with E-state index in [0.29, 0.717) is 5.92 Å². The van der Waals surface area contributed by atoms with E-state index in [1.54, 1.807) is 0 Å². The van der Waals surface area contributed by atoms with Crippen LogP contribution in [0.2, 0.25) is 0 Å². The average Bonchev–Trinajstić information content (AvgIpc) is 3.52. The van der Waals surface area contributed by atoms with Crippen molar-refractivity contribution in [1.82, 2.24) is 5.32 Å². The van der Waals surface area contributed by atoms with Gasteiger partial charge in [0.1, 0.15) is 11.2 Å². The van der Waals surface area contributed by atoms with Gasteiger partial charge in [0.25, 0.3) is 0 Å². The summed E-state index contributed by atoms with van der Waals surface area (Å²) in [5, 5.41) is 7.09. The van der Waals surface area contributed by atoms with Crippen molar-refractivity contribution in [2.24, 2.45) is 0 Å². The van der Waals surface area contributed by atoms with Crippen LogP contribution < -0.4 is 9.88 Å². The predicted molar refractivity (Wildman–Crippen MR) is 178 cm³/mol. The molecule has 3 nitrogen and oxygen atoms in total. The van der Waals surface area contributed by atoms with Crippen LogP contribution in [0.1, 0.15) is 58.0 Å². The molecule has 0 amide bonds. The first-order valence-corrected chi connectivity index (χ1v) is 15.7. The zero-order valence-corrected chi connectivity index (χ0v) is 25.9. The Hall–Kier alpha value is -4.15. The Morgan fingerprint density at radius 3 is 2.57 bits per heavy atom. The molecule has 2 atom stereocenters. The maximum atomic E-state index is 6.87. The van der Waals surface area contributed by atoms with Gasteiger partial charge in [-0.15, -0.1) is 11.3 Å². The number of allylic oxidation sites excluding steroid dienone is 2. The molecule has 1 N–H and O–H groups in total. The molecule has 4 heteroatoms. The van der Waals surface area contributed by atoms with Gasteiger partial charge in [0, 0.05) is 61.2 Å². The Labute approximate surface area is 251 Å². The van der Waals surface area contributed by atoms with Gasteiger partial charge in [-0.2, -0.15) is 4.57 Å². The van der Waals surface area contributed by atoms with Crippen LogP contribution in [0.4, 0.5) is 0 Å². The fraction of sp³-hybridized carbons (Fsp3) is 0.237. The van der Waals surface area contributed by atoms with E-state index in [-0.39, 0.29) is 6.04 Å². The van der Waals surface area contributed by atoms with Crippen LogP contribution >= 0.6 is 11.3 Å². The third-order valence-electron chi connectivity index (χ3n) is 9.31. The highest BCUT2D eigenvalue weighted by molar-refractivity contribution is 7.19. The van der Waals surface area contributed by atoms with Gasteiger partial charge in [-0.1, -0.05) is 43.0 Å². The van der Waals surface area contributed by atoms with Crippen molar-refractivity contribution in [2.75, 3.05) is 7.05 Å². The monoisotopic (exact) mass is 569 g/mol. The first kappa shape index (κ1) is 26.7. The highest BCUT2D eigenvalue weighted by atomic mass is 32.1. The van der Waals surface area contributed by atoms with Crippen molar-refractivity contribution in [3.8, 4) is 11.3 Å². The molecule has 3 aromatic carbocycles. The SMILES string of the molecule is C=CC1C(CCc2ccc3c(oc4c3ccc3sc(C)c(C)c34)c2/C(=C/C)NC)c2ccccc2-c2ccc(C)c[n+]21. The lowest BCUT2D eigenvalue weighted by molar-refractivity contribution is -0.707. The lowest BCUT2D eigenvalue weighted by Gasteiger charge is -2.29. The van der Waals surface area contributed by atoms with Gasteiger partial charge in [-0.05, 0) is 87.6 Å². The summed E-state index contributed by atoms with van der Waals surface area (Å²) in [6.07, 6.45) is 8.51. The Morgan fingerprint density at radius 2 is 1.79 bits per heavy atom. The molecule has 0 saturated carbocycles. The number of thiophene rings is 1. The van der Waals surface area contributed by atoms with Crippen LogP contribution in [0.15, 0.2) is 90.0 Å². The van der Waals surface area contributed by atoms with Crippen LogP contribution in [0.25, 0.3) is 49.0 Å². The molecular formula is C38H37N2OS+. The summed E-state index contributed by atoms with van der Waals surface area (Å²) in [6.45, 7) is 13.0. The summed E-state index contributed by atoms with van der Waals surface area (Å²) in [5.41, 5.74) is 12.1. The summed E-state index contributed by atoms with van der Waals surface area (Å²) in [7, 11) is 2.01. The second kappa shape index (κ2) is 10.3. The molecular weight excluding hydrogens is 532 g/mol. The topological polar surface area (TPSA) is 29.1 Å². The number of nitrogens with one attached hydrogen (secondary N) is 1. The number of pyridine rings is 1. The van der Waals surface area contributed by atoms with E-state index in [2.05, 4.69) is 123 Å². The number of aryl methyl sites for hydroxylation is 4. The molecule has 42 heavy (non-hydrogen) atoms. The standard InChI is InChI=1S/C38H37N2OS/c1-7-31(39-6)36-25(15-17-29-30-18-20-34-35(23(4)24(5)42-34)37(30)41-38(29)36)14-16-28-26-11-9-10-12-27(26)33-19-13-22(3)21-40(33)32(28)8-2/h7-13,15,17-21,28,32,39H,2,14,16H2,1,3-6H3/q+1/b31-7-. The molecule has 0 radical (unpaired) electrons. The maximum Gasteiger partial charge on any atom is 0.213 e. The van der Waals surface area contributed by atoms with E-state index in [1.807, 2.05) is 18.4 Å². The quantitative estimate of drug-likeness (QED) is 0.160. The maximum absolute atomic E-state index is 6.87. The highest BCUT2D eigenvalue weighted by Crippen LogP contribution is 2.44. The van der Waals surface area contributed by atoms with Crippen LogP contribution in [0.3, 0.4) is 0 Å². The minimum absolute atomic E-state index is 0.191. The normalized spacial score (nSPS) is 16.6. The minimum Gasteiger partial charge on any atom is -0.455 e. The smallest absolute Gasteiger partial charge is 0.213 e. The van der Waals surface area contributed by atoms with Crippen LogP contribution in [0, 0.1) is 20.8 Å². The largest absolute Gasteiger partial charge is 0.455 e. The number of hydrogen-bond donors (Lipinski definition) is 1. The van der Waals surface area contributed by atoms with E-state index in [0.717, 1.165) is 29.7 Å². The Morgan fingerprint density at radius 1 is 1.00 bits per heavy atom. The third kappa shape index (κ3) is 3.96. The van der Waals surface area contributed by atoms with Crippen molar-refractivity contribution in [2.45, 2.75) is 52.5 Å². The highest BCUT2D eigenvalue weighted by Gasteiger charge is 2.38. The molecule has 0 saturated heterocycles. The summed E-state index contributed by atoms with van der Waals surface area (Å²) in [5.74, 6) is 0.317. The summed E-state index contributed by atoms with van der Waals surface area (Å²) in [4.78, 5) is 1.35. The number of furan rings is 1. The fourth-order valence-electron chi connectivity index (χ4n) is 7.15. The predicted octanol–water partition coefficient (Wildman–Crippen LogP) is 9.72. The fourth-order valence-corrected chi connectivity index (χ4v) is 8.22. The zero-order valence-electron chi connectivity index (χ0n) is 25.0. The van der Waals surface area contributed by atoms with Gasteiger partial charge in [-0.3, -0.25) is 0 Å². The molecule has 7 rings (SSSR count). The molecule has 4 heterocycles. The molecule has 1 aliphatic heterocycles. The number of fused-ring (bicyclic) bond motifs is 8. The summed E-state index contributed by atoms with van der Waals surface area (Å²) >= 11 is 1.85. The molecule has 3 aromatic heterocycles. The Kier molecular flexibility index (Phi) is 6.55. The molecule has 0 bridgehead atoms. The van der Waals surface area contributed by atoms with Gasteiger partial charge in [0.2, 0.25) is 5.69 Å². The van der Waals surface area contributed by atoms with Crippen molar-refractivity contribution < 1.29 is 8.98 Å². The Bertz CT molecular complexity index is 2060. The lowest BCUT2D eigenvalue weighted by Crippen LogP contribution is -2.46. The molecule has 0 aliphatic carbocycles. The van der Waals surface area contributed by atoms with Gasteiger partial charge < -0.3 is 9.73 Å². The number of aromatic nitrogens is 1. The molecule has 210 valence electrons. The summed E-state index contributed by atoms with van der Waals surface area (Å²) < 4.78 is 10.6. The lowest BCUT2D eigenvalue weighted by atomic mass is 9.79. The van der Waals surface area contributed by atoms with Crippen LogP contribution in [-0.2, 0) is 6.42 Å². The van der Waals surface area contributed by atoms with Crippen LogP contribution in [0.5, 0.6) is 0 Å². The first-order valence-electron chi connectivity index (χ1n) is 14.9. The van der Waals surface area contributed by atoms with Crippen molar-refractivity contribution in [1.29, 1.82) is 0 Å². The van der Waals surface area contributed by atoms with E-state index >= 15 is 0 Å². The molecule has 1 aliphatic rings. The minimum atomic E-state index is 0.191. The second-order valence-corrected chi connectivity index (χ2v) is 12.8. The number of nitrogens with zero attached hydrogens (tertiary/aromatic N) is 1. The van der Waals surface area contributed by atoms with Crippen molar-refractivity contribution in [3.63, 3.8) is 0 Å². The molecule has 0 spiro atoms. The summed E-state index contributed by atoms with van der Waals surface area (Å²) in [6, 6.07) is 22.7. The number of benzene rings is 3. The van der Waals surface area contributed by atoms with E-state index in [4.69, 9.17) is 4.42 Å². The van der Waals surface area contributed by atoms with Crippen LogP contribution in [-0.4, -0.2) is 7.05 Å². The van der Waals surface area contributed by atoms with Gasteiger partial charge in [0.05, 0.1) is 5.92 Å². The molecule has 2 unspecified atom stereocenters. The zero-order chi connectivity index (χ0) is 29.1. The second-order valence-electron chi connectivity index (χ2n) is 11.6. The third-order valence-corrected chi connectivity index (χ3v) is 10.5. The van der Waals surface area contributed by atoms with Crippen molar-refractivity contribution >= 4 is 49.1 Å². The van der Waals surface area contributed by atoms with E-state index in [1.165, 1.54) is 64.8 Å². The van der Waals surface area contributed by atoms with Crippen molar-refractivity contribution in [3.05, 3.63) is 118 Å². The van der Waals surface area contributed by atoms with E-state index in [9.17, 15) is 0 Å². The van der Waals surface area contributed by atoms with Gasteiger partial charge in [0.15, 0.2) is 12.2 Å². The average molecular weight is 570 g/mol. The first-order chi connectivity index (χ1) is 20.4. The number of hydrogen-bond acceptors (Lipinski definition) is 3. The number of rotatable bonds is 6. The molecule has 6 aromatic rings. The Balaban J connectivity index is 1.37. The molecule has 0 fully saturated rings. The van der Waals surface area contributed by atoms with Gasteiger partial charge in [-0.25, -0.2) is 0 Å². The van der Waals surface area contributed by atoms with Gasteiger partial charge >= 0.3 is 0 Å².